The van der Waals surface area contributed by atoms with E-state index >= 15 is 4.39 Å². The summed E-state index contributed by atoms with van der Waals surface area (Å²) < 4.78 is 50.6. The first-order valence-electron chi connectivity index (χ1n) is 12.9. The van der Waals surface area contributed by atoms with Crippen LogP contribution in [0.1, 0.15) is 86.8 Å². The van der Waals surface area contributed by atoms with E-state index < -0.39 is 11.6 Å². The second-order valence-corrected chi connectivity index (χ2v) is 9.84. The van der Waals surface area contributed by atoms with Gasteiger partial charge in [-0.25, -0.2) is 13.2 Å². The van der Waals surface area contributed by atoms with Crippen molar-refractivity contribution in [3.05, 3.63) is 88.7 Å². The maximum Gasteiger partial charge on any atom is 0.166 e. The van der Waals surface area contributed by atoms with E-state index in [0.717, 1.165) is 31.2 Å². The maximum absolute atomic E-state index is 15.1. The lowest BCUT2D eigenvalue weighted by atomic mass is 9.75. The number of halogens is 3. The van der Waals surface area contributed by atoms with Gasteiger partial charge >= 0.3 is 0 Å². The highest BCUT2D eigenvalue weighted by Gasteiger charge is 2.28. The molecule has 0 aromatic heterocycles. The standard InChI is InChI=1S/C31H35F3O/c1-3-4-5-6-19-35-25-15-16-26(29(32)20-25)22-11-13-24(14-12-22)28-18-17-27(30(33)31(28)34)23-9-7-21(2)8-10-23/h7-10,15-18,20,22,24H,3-6,11-14,19H2,1-2H3. The highest BCUT2D eigenvalue weighted by Crippen LogP contribution is 2.43. The summed E-state index contributed by atoms with van der Waals surface area (Å²) in [5.41, 5.74) is 3.16. The minimum absolute atomic E-state index is 0.0541. The third-order valence-corrected chi connectivity index (χ3v) is 7.32. The van der Waals surface area contributed by atoms with Gasteiger partial charge in [0.1, 0.15) is 11.6 Å². The Labute approximate surface area is 207 Å². The molecule has 1 nitrogen and oxygen atoms in total. The third-order valence-electron chi connectivity index (χ3n) is 7.32. The molecule has 3 aromatic rings. The molecule has 0 bridgehead atoms. The van der Waals surface area contributed by atoms with E-state index in [1.807, 2.05) is 43.3 Å². The second-order valence-electron chi connectivity index (χ2n) is 9.84. The molecule has 0 unspecified atom stereocenters. The molecule has 4 heteroatoms. The van der Waals surface area contributed by atoms with E-state index in [9.17, 15) is 8.78 Å². The van der Waals surface area contributed by atoms with Crippen LogP contribution >= 0.6 is 0 Å². The smallest absolute Gasteiger partial charge is 0.166 e. The van der Waals surface area contributed by atoms with E-state index in [1.165, 1.54) is 18.9 Å². The molecule has 0 heterocycles. The van der Waals surface area contributed by atoms with Crippen molar-refractivity contribution in [3.8, 4) is 16.9 Å². The predicted molar refractivity (Wildman–Crippen MR) is 137 cm³/mol. The average Bonchev–Trinajstić information content (AvgIpc) is 2.87. The van der Waals surface area contributed by atoms with Gasteiger partial charge in [-0.15, -0.1) is 0 Å². The molecular weight excluding hydrogens is 445 g/mol. The van der Waals surface area contributed by atoms with Crippen LogP contribution in [0.5, 0.6) is 5.75 Å². The van der Waals surface area contributed by atoms with Gasteiger partial charge in [-0.2, -0.15) is 0 Å². The largest absolute Gasteiger partial charge is 0.493 e. The van der Waals surface area contributed by atoms with Crippen molar-refractivity contribution < 1.29 is 17.9 Å². The van der Waals surface area contributed by atoms with E-state index in [0.29, 0.717) is 41.9 Å². The quantitative estimate of drug-likeness (QED) is 0.277. The van der Waals surface area contributed by atoms with Gasteiger partial charge in [0, 0.05) is 11.6 Å². The molecule has 4 rings (SSSR count). The molecule has 0 atom stereocenters. The Balaban J connectivity index is 1.38. The first-order valence-corrected chi connectivity index (χ1v) is 12.9. The number of hydrogen-bond donors (Lipinski definition) is 0. The van der Waals surface area contributed by atoms with Crippen LogP contribution < -0.4 is 4.74 Å². The topological polar surface area (TPSA) is 9.23 Å². The Morgan fingerprint density at radius 3 is 2.06 bits per heavy atom. The zero-order chi connectivity index (χ0) is 24.8. The molecule has 1 saturated carbocycles. The second kappa shape index (κ2) is 11.8. The Kier molecular flexibility index (Phi) is 8.54. The predicted octanol–water partition coefficient (Wildman–Crippen LogP) is 9.48. The minimum atomic E-state index is -0.787. The average molecular weight is 481 g/mol. The number of unbranched alkanes of at least 4 members (excludes halogenated alkanes) is 3. The number of ether oxygens (including phenoxy) is 1. The summed E-state index contributed by atoms with van der Waals surface area (Å²) in [6.45, 7) is 4.73. The summed E-state index contributed by atoms with van der Waals surface area (Å²) in [5.74, 6) is -1.17. The van der Waals surface area contributed by atoms with Crippen LogP contribution in [-0.4, -0.2) is 6.61 Å². The summed E-state index contributed by atoms with van der Waals surface area (Å²) in [4.78, 5) is 0. The highest BCUT2D eigenvalue weighted by molar-refractivity contribution is 5.65. The van der Waals surface area contributed by atoms with Crippen molar-refractivity contribution in [2.24, 2.45) is 0 Å². The molecule has 0 amide bonds. The van der Waals surface area contributed by atoms with Gasteiger partial charge in [0.2, 0.25) is 0 Å². The molecule has 1 aliphatic carbocycles. The number of rotatable bonds is 9. The normalized spacial score (nSPS) is 18.0. The molecule has 0 aliphatic heterocycles. The van der Waals surface area contributed by atoms with Gasteiger partial charge in [-0.05, 0) is 73.6 Å². The van der Waals surface area contributed by atoms with Gasteiger partial charge in [0.05, 0.1) is 6.61 Å². The van der Waals surface area contributed by atoms with Crippen LogP contribution in [0.3, 0.4) is 0 Å². The van der Waals surface area contributed by atoms with E-state index in [4.69, 9.17) is 4.74 Å². The molecule has 186 valence electrons. The van der Waals surface area contributed by atoms with Gasteiger partial charge in [0.15, 0.2) is 11.6 Å². The Morgan fingerprint density at radius 1 is 0.743 bits per heavy atom. The Bertz CT molecular complexity index is 1110. The fourth-order valence-electron chi connectivity index (χ4n) is 5.20. The van der Waals surface area contributed by atoms with Crippen LogP contribution in [0, 0.1) is 24.4 Å². The van der Waals surface area contributed by atoms with Gasteiger partial charge < -0.3 is 4.74 Å². The zero-order valence-corrected chi connectivity index (χ0v) is 20.8. The fraction of sp³-hybridized carbons (Fsp3) is 0.419. The summed E-state index contributed by atoms with van der Waals surface area (Å²) in [6.07, 6.45) is 7.38. The lowest BCUT2D eigenvalue weighted by molar-refractivity contribution is 0.303. The van der Waals surface area contributed by atoms with Crippen LogP contribution in [0.4, 0.5) is 13.2 Å². The van der Waals surface area contributed by atoms with Crippen LogP contribution in [0.2, 0.25) is 0 Å². The Morgan fingerprint density at radius 2 is 1.40 bits per heavy atom. The molecule has 1 aliphatic rings. The van der Waals surface area contributed by atoms with Crippen molar-refractivity contribution in [2.75, 3.05) is 6.61 Å². The molecule has 0 N–H and O–H groups in total. The van der Waals surface area contributed by atoms with Crippen molar-refractivity contribution in [3.63, 3.8) is 0 Å². The maximum atomic E-state index is 15.1. The van der Waals surface area contributed by atoms with E-state index in [2.05, 4.69) is 6.92 Å². The molecule has 3 aromatic carbocycles. The monoisotopic (exact) mass is 480 g/mol. The SMILES string of the molecule is CCCCCCOc1ccc(C2CCC(c3ccc(-c4ccc(C)cc4)c(F)c3F)CC2)c(F)c1. The van der Waals surface area contributed by atoms with Crippen molar-refractivity contribution in [1.29, 1.82) is 0 Å². The van der Waals surface area contributed by atoms with E-state index in [1.54, 1.807) is 12.1 Å². The third kappa shape index (κ3) is 6.09. The Hall–Kier alpha value is -2.75. The van der Waals surface area contributed by atoms with Crippen molar-refractivity contribution in [1.82, 2.24) is 0 Å². The summed E-state index contributed by atoms with van der Waals surface area (Å²) in [7, 11) is 0. The van der Waals surface area contributed by atoms with Crippen molar-refractivity contribution >= 4 is 0 Å². The van der Waals surface area contributed by atoms with Gasteiger partial charge in [0.25, 0.3) is 0 Å². The lowest BCUT2D eigenvalue weighted by Crippen LogP contribution is -2.15. The van der Waals surface area contributed by atoms with Crippen LogP contribution in [0.25, 0.3) is 11.1 Å². The van der Waals surface area contributed by atoms with Gasteiger partial charge in [-0.3, -0.25) is 0 Å². The molecule has 0 radical (unpaired) electrons. The molecule has 0 spiro atoms. The first-order chi connectivity index (χ1) is 17.0. The molecule has 35 heavy (non-hydrogen) atoms. The molecular formula is C31H35F3O. The summed E-state index contributed by atoms with van der Waals surface area (Å²) in [6, 6.07) is 16.0. The van der Waals surface area contributed by atoms with E-state index in [-0.39, 0.29) is 23.2 Å². The van der Waals surface area contributed by atoms with Gasteiger partial charge in [-0.1, -0.05) is 74.2 Å². The molecule has 0 saturated heterocycles. The molecule has 1 fully saturated rings. The summed E-state index contributed by atoms with van der Waals surface area (Å²) in [5, 5.41) is 0. The number of benzene rings is 3. The number of aryl methyl sites for hydroxylation is 1. The first kappa shape index (κ1) is 25.3. The highest BCUT2D eigenvalue weighted by atomic mass is 19.2. The lowest BCUT2D eigenvalue weighted by Gasteiger charge is -2.30. The fourth-order valence-corrected chi connectivity index (χ4v) is 5.20. The van der Waals surface area contributed by atoms with Crippen LogP contribution in [-0.2, 0) is 0 Å². The van der Waals surface area contributed by atoms with Crippen LogP contribution in [0.15, 0.2) is 54.6 Å². The summed E-state index contributed by atoms with van der Waals surface area (Å²) >= 11 is 0. The minimum Gasteiger partial charge on any atom is -0.493 e. The van der Waals surface area contributed by atoms with Crippen molar-refractivity contribution in [2.45, 2.75) is 77.0 Å². The zero-order valence-electron chi connectivity index (χ0n) is 20.8. The number of hydrogen-bond acceptors (Lipinski definition) is 1.